The smallest absolute Gasteiger partial charge is 0.167 e. The molecule has 0 aliphatic rings. The Morgan fingerprint density at radius 1 is 0.400 bits per heavy atom. The topological polar surface area (TPSA) is 94.1 Å². The Morgan fingerprint density at radius 3 is 0.933 bits per heavy atom. The fourth-order valence-electron chi connectivity index (χ4n) is 6.87. The monoisotopic (exact) mass is 820 g/mol. The maximum absolute atomic E-state index is 6.39. The molecule has 324 valence electrons. The number of hydrogen-bond donors (Lipinski definition) is 0. The lowest BCUT2D eigenvalue weighted by molar-refractivity contribution is 0.298. The van der Waals surface area contributed by atoms with Gasteiger partial charge in [0.1, 0.15) is 54.3 Å². The van der Waals surface area contributed by atoms with Crippen LogP contribution in [0.2, 0.25) is 0 Å². The second-order valence-corrected chi connectivity index (χ2v) is 15.0. The van der Waals surface area contributed by atoms with Gasteiger partial charge in [-0.3, -0.25) is 0 Å². The average molecular weight is 820 g/mol. The van der Waals surface area contributed by atoms with Crippen LogP contribution < -0.4 is 28.4 Å². The Labute approximate surface area is 360 Å². The molecule has 0 N–H and O–H groups in total. The molecule has 0 bridgehead atoms. The maximum Gasteiger partial charge on any atom is 0.167 e. The fourth-order valence-corrected chi connectivity index (χ4v) is 6.87. The summed E-state index contributed by atoms with van der Waals surface area (Å²) in [6.45, 7) is 27.1. The van der Waals surface area contributed by atoms with Gasteiger partial charge in [-0.15, -0.1) is 0 Å². The van der Waals surface area contributed by atoms with Crippen LogP contribution in [-0.4, -0.2) is 54.6 Å². The minimum atomic E-state index is 0.288. The highest BCUT2D eigenvalue weighted by Gasteiger charge is 2.24. The van der Waals surface area contributed by atoms with Gasteiger partial charge in [-0.2, -0.15) is 0 Å². The Kier molecular flexibility index (Phi) is 20.5. The highest BCUT2D eigenvalue weighted by atomic mass is 16.5. The van der Waals surface area contributed by atoms with Gasteiger partial charge in [-0.1, -0.05) is 117 Å². The van der Waals surface area contributed by atoms with Crippen molar-refractivity contribution in [1.29, 1.82) is 0 Å². The van der Waals surface area contributed by atoms with Crippen LogP contribution in [0.1, 0.15) is 115 Å². The number of unbranched alkanes of at least 4 members (excludes halogenated alkanes) is 9. The standard InChI is InChI=1S/C51H69N3O6/c1-10-16-19-22-34-55-43-28-25-40(46(37(43)7)58-31-13-4)49-52-50(41-26-29-44(56-35-23-20-17-11-2)38(8)47(41)59-32-14-5)54-51(53-49)42-27-30-45(57-36-24-21-18-12-3)39(9)48(42)60-33-15-6/h13-15,25-30H,4-6,10-12,16-24,31-36H2,1-3,7-9H3. The molecular formula is C51H69N3O6. The first-order valence-electron chi connectivity index (χ1n) is 22.1. The van der Waals surface area contributed by atoms with Gasteiger partial charge in [-0.05, 0) is 76.4 Å². The molecule has 1 aromatic heterocycles. The summed E-state index contributed by atoms with van der Waals surface area (Å²) in [5.41, 5.74) is 4.62. The molecule has 4 aromatic rings. The average Bonchev–Trinajstić information content (AvgIpc) is 3.26. The molecule has 0 radical (unpaired) electrons. The Bertz CT molecular complexity index is 1740. The van der Waals surface area contributed by atoms with E-state index in [2.05, 4.69) is 40.5 Å². The van der Waals surface area contributed by atoms with E-state index in [0.29, 0.717) is 71.2 Å². The molecule has 0 unspecified atom stereocenters. The first-order chi connectivity index (χ1) is 29.3. The van der Waals surface area contributed by atoms with Gasteiger partial charge in [0.25, 0.3) is 0 Å². The van der Waals surface area contributed by atoms with E-state index in [1.165, 1.54) is 38.5 Å². The van der Waals surface area contributed by atoms with Crippen molar-refractivity contribution < 1.29 is 28.4 Å². The third kappa shape index (κ3) is 13.4. The fraction of sp³-hybridized carbons (Fsp3) is 0.471. The Balaban J connectivity index is 1.94. The lowest BCUT2D eigenvalue weighted by Crippen LogP contribution is -2.08. The van der Waals surface area contributed by atoms with E-state index in [1.54, 1.807) is 18.2 Å². The number of nitrogens with zero attached hydrogens (tertiary/aromatic N) is 3. The van der Waals surface area contributed by atoms with E-state index < -0.39 is 0 Å². The van der Waals surface area contributed by atoms with Gasteiger partial charge in [0, 0.05) is 16.7 Å². The van der Waals surface area contributed by atoms with Crippen molar-refractivity contribution in [2.75, 3.05) is 39.6 Å². The quantitative estimate of drug-likeness (QED) is 0.0376. The molecule has 0 saturated heterocycles. The molecule has 0 spiro atoms. The maximum atomic E-state index is 6.39. The predicted octanol–water partition coefficient (Wildman–Crippen LogP) is 13.4. The summed E-state index contributed by atoms with van der Waals surface area (Å²) in [7, 11) is 0. The van der Waals surface area contributed by atoms with Crippen LogP contribution >= 0.6 is 0 Å². The number of ether oxygens (including phenoxy) is 6. The second kappa shape index (κ2) is 26.0. The molecule has 0 aliphatic carbocycles. The highest BCUT2D eigenvalue weighted by molar-refractivity contribution is 5.77. The summed E-state index contributed by atoms with van der Waals surface area (Å²) in [5.74, 6) is 5.35. The van der Waals surface area contributed by atoms with E-state index in [9.17, 15) is 0 Å². The second-order valence-electron chi connectivity index (χ2n) is 15.0. The van der Waals surface area contributed by atoms with Crippen molar-refractivity contribution in [1.82, 2.24) is 15.0 Å². The van der Waals surface area contributed by atoms with Crippen LogP contribution in [0.25, 0.3) is 34.2 Å². The van der Waals surface area contributed by atoms with Crippen LogP contribution in [0.4, 0.5) is 0 Å². The SMILES string of the molecule is C=CCOc1c(-c2nc(-c3ccc(OCCCCCC)c(C)c3OCC=C)nc(-c3ccc(OCCCCCC)c(C)c3OCC=C)n2)ccc(OCCCCCC)c1C. The number of rotatable bonds is 30. The molecule has 0 amide bonds. The number of hydrogen-bond acceptors (Lipinski definition) is 9. The molecule has 60 heavy (non-hydrogen) atoms. The Morgan fingerprint density at radius 2 is 0.683 bits per heavy atom. The number of aromatic nitrogens is 3. The molecule has 0 atom stereocenters. The van der Waals surface area contributed by atoms with Crippen LogP contribution in [0.3, 0.4) is 0 Å². The molecule has 1 heterocycles. The van der Waals surface area contributed by atoms with Crippen LogP contribution in [0, 0.1) is 20.8 Å². The zero-order valence-corrected chi connectivity index (χ0v) is 37.3. The molecule has 9 heteroatoms. The van der Waals surface area contributed by atoms with Gasteiger partial charge in [0.15, 0.2) is 17.5 Å². The summed E-state index contributed by atoms with van der Waals surface area (Å²) < 4.78 is 38.1. The summed E-state index contributed by atoms with van der Waals surface area (Å²) in [6, 6.07) is 11.8. The largest absolute Gasteiger partial charge is 0.493 e. The third-order valence-electron chi connectivity index (χ3n) is 10.2. The number of benzene rings is 3. The first-order valence-corrected chi connectivity index (χ1v) is 22.1. The van der Waals surface area contributed by atoms with Crippen molar-refractivity contribution in [3.63, 3.8) is 0 Å². The van der Waals surface area contributed by atoms with Crippen molar-refractivity contribution in [3.05, 3.63) is 91.1 Å². The first kappa shape index (κ1) is 47.4. The van der Waals surface area contributed by atoms with Crippen molar-refractivity contribution in [2.45, 2.75) is 119 Å². The van der Waals surface area contributed by atoms with E-state index >= 15 is 0 Å². The Hall–Kier alpha value is -5.31. The zero-order chi connectivity index (χ0) is 43.1. The van der Waals surface area contributed by atoms with Gasteiger partial charge >= 0.3 is 0 Å². The van der Waals surface area contributed by atoms with E-state index in [0.717, 1.165) is 72.5 Å². The lowest BCUT2D eigenvalue weighted by Gasteiger charge is -2.20. The minimum Gasteiger partial charge on any atom is -0.493 e. The van der Waals surface area contributed by atoms with E-state index in [1.807, 2.05) is 57.2 Å². The third-order valence-corrected chi connectivity index (χ3v) is 10.2. The minimum absolute atomic E-state index is 0.288. The van der Waals surface area contributed by atoms with Crippen LogP contribution in [0.5, 0.6) is 34.5 Å². The van der Waals surface area contributed by atoms with Crippen LogP contribution in [0.15, 0.2) is 74.4 Å². The van der Waals surface area contributed by atoms with Crippen LogP contribution in [-0.2, 0) is 0 Å². The summed E-state index contributed by atoms with van der Waals surface area (Å²) in [6.07, 6.45) is 18.5. The molecule has 9 nitrogen and oxygen atoms in total. The molecule has 0 aliphatic heterocycles. The van der Waals surface area contributed by atoms with Gasteiger partial charge < -0.3 is 28.4 Å². The molecular weight excluding hydrogens is 751 g/mol. The van der Waals surface area contributed by atoms with Crippen molar-refractivity contribution in [3.8, 4) is 68.7 Å². The van der Waals surface area contributed by atoms with Gasteiger partial charge in [-0.25, -0.2) is 15.0 Å². The zero-order valence-electron chi connectivity index (χ0n) is 37.3. The molecule has 0 saturated carbocycles. The van der Waals surface area contributed by atoms with Gasteiger partial charge in [0.2, 0.25) is 0 Å². The molecule has 0 fully saturated rings. The van der Waals surface area contributed by atoms with Crippen molar-refractivity contribution in [2.24, 2.45) is 0 Å². The summed E-state index contributed by atoms with van der Waals surface area (Å²) in [4.78, 5) is 15.5. The van der Waals surface area contributed by atoms with E-state index in [-0.39, 0.29) is 19.8 Å². The van der Waals surface area contributed by atoms with Crippen molar-refractivity contribution >= 4 is 0 Å². The van der Waals surface area contributed by atoms with Gasteiger partial charge in [0.05, 0.1) is 36.5 Å². The van der Waals surface area contributed by atoms with E-state index in [4.69, 9.17) is 43.4 Å². The summed E-state index contributed by atoms with van der Waals surface area (Å²) in [5, 5.41) is 0. The molecule has 4 rings (SSSR count). The normalized spacial score (nSPS) is 10.9. The summed E-state index contributed by atoms with van der Waals surface area (Å²) >= 11 is 0. The molecule has 3 aromatic carbocycles. The highest BCUT2D eigenvalue weighted by Crippen LogP contribution is 2.43. The lowest BCUT2D eigenvalue weighted by atomic mass is 10.0. The predicted molar refractivity (Wildman–Crippen MR) is 246 cm³/mol.